The van der Waals surface area contributed by atoms with Crippen molar-refractivity contribution in [2.24, 2.45) is 0 Å². The zero-order valence-electron chi connectivity index (χ0n) is 9.54. The number of hydrogen-bond acceptors (Lipinski definition) is 3. The predicted molar refractivity (Wildman–Crippen MR) is 64.5 cm³/mol. The summed E-state index contributed by atoms with van der Waals surface area (Å²) in [5.74, 6) is -0.434. The van der Waals surface area contributed by atoms with E-state index in [1.807, 2.05) is 6.07 Å². The Kier molecular flexibility index (Phi) is 3.11. The van der Waals surface area contributed by atoms with Crippen molar-refractivity contribution in [3.8, 4) is 0 Å². The summed E-state index contributed by atoms with van der Waals surface area (Å²) in [4.78, 5) is 11.8. The second-order valence-corrected chi connectivity index (χ2v) is 4.16. The van der Waals surface area contributed by atoms with E-state index in [-0.39, 0.29) is 0 Å². The summed E-state index contributed by atoms with van der Waals surface area (Å²) in [7, 11) is 0. The van der Waals surface area contributed by atoms with E-state index in [1.54, 1.807) is 55.5 Å². The minimum Gasteiger partial charge on any atom is -0.451 e. The van der Waals surface area contributed by atoms with Crippen molar-refractivity contribution < 1.29 is 14.6 Å². The largest absolute Gasteiger partial charge is 0.451 e. The summed E-state index contributed by atoms with van der Waals surface area (Å²) in [6, 6.07) is 8.73. The van der Waals surface area contributed by atoms with Gasteiger partial charge in [0.15, 0.2) is 6.10 Å². The highest BCUT2D eigenvalue weighted by atomic mass is 16.6. The van der Waals surface area contributed by atoms with Crippen LogP contribution in [0.5, 0.6) is 0 Å². The lowest BCUT2D eigenvalue weighted by Gasteiger charge is -2.29. The van der Waals surface area contributed by atoms with Crippen molar-refractivity contribution in [3.63, 3.8) is 0 Å². The van der Waals surface area contributed by atoms with Gasteiger partial charge in [0.1, 0.15) is 5.60 Å². The van der Waals surface area contributed by atoms with Gasteiger partial charge in [0.25, 0.3) is 0 Å². The lowest BCUT2D eigenvalue weighted by atomic mass is 9.94. The summed E-state index contributed by atoms with van der Waals surface area (Å²) in [6.07, 6.45) is 6.10. The van der Waals surface area contributed by atoms with Crippen molar-refractivity contribution in [1.82, 2.24) is 0 Å². The van der Waals surface area contributed by atoms with Crippen LogP contribution in [0.4, 0.5) is 0 Å². The van der Waals surface area contributed by atoms with E-state index < -0.39 is 17.7 Å². The monoisotopic (exact) mass is 230 g/mol. The Bertz CT molecular complexity index is 458. The molecule has 88 valence electrons. The van der Waals surface area contributed by atoms with E-state index >= 15 is 0 Å². The third-order valence-corrected chi connectivity index (χ3v) is 2.65. The van der Waals surface area contributed by atoms with Crippen LogP contribution in [-0.2, 0) is 4.74 Å². The van der Waals surface area contributed by atoms with Crippen LogP contribution < -0.4 is 0 Å². The second kappa shape index (κ2) is 4.55. The van der Waals surface area contributed by atoms with Crippen LogP contribution in [0, 0.1) is 0 Å². The molecule has 0 saturated heterocycles. The fraction of sp³-hybridized carbons (Fsp3) is 0.214. The molecule has 2 unspecified atom stereocenters. The molecule has 2 atom stereocenters. The zero-order chi connectivity index (χ0) is 12.3. The molecule has 0 radical (unpaired) electrons. The van der Waals surface area contributed by atoms with E-state index in [4.69, 9.17) is 4.74 Å². The molecule has 1 aliphatic carbocycles. The van der Waals surface area contributed by atoms with E-state index in [9.17, 15) is 9.90 Å². The molecule has 1 aromatic carbocycles. The number of carbonyl (C=O) groups is 1. The standard InChI is InChI=1S/C14H14O3/c1-14(16)10-6-5-9-12(14)17-13(15)11-7-3-2-4-8-11/h2-10,12,16H,1H3. The van der Waals surface area contributed by atoms with Crippen LogP contribution in [0.1, 0.15) is 17.3 Å². The van der Waals surface area contributed by atoms with Gasteiger partial charge in [-0.05, 0) is 31.2 Å². The van der Waals surface area contributed by atoms with Gasteiger partial charge in [0, 0.05) is 0 Å². The molecule has 0 amide bonds. The highest BCUT2D eigenvalue weighted by Gasteiger charge is 2.32. The molecule has 3 heteroatoms. The quantitative estimate of drug-likeness (QED) is 0.791. The Morgan fingerprint density at radius 2 is 2.00 bits per heavy atom. The molecule has 1 aliphatic rings. The first-order valence-electron chi connectivity index (χ1n) is 5.44. The average Bonchev–Trinajstić information content (AvgIpc) is 2.33. The smallest absolute Gasteiger partial charge is 0.338 e. The maximum Gasteiger partial charge on any atom is 0.338 e. The van der Waals surface area contributed by atoms with E-state index in [0.717, 1.165) is 0 Å². The maximum absolute atomic E-state index is 11.8. The molecular weight excluding hydrogens is 216 g/mol. The van der Waals surface area contributed by atoms with Crippen LogP contribution in [0.15, 0.2) is 54.6 Å². The minimum atomic E-state index is -1.15. The zero-order valence-corrected chi connectivity index (χ0v) is 9.54. The minimum absolute atomic E-state index is 0.434. The first-order chi connectivity index (χ1) is 8.09. The third-order valence-electron chi connectivity index (χ3n) is 2.65. The van der Waals surface area contributed by atoms with Gasteiger partial charge in [-0.2, -0.15) is 0 Å². The molecule has 17 heavy (non-hydrogen) atoms. The molecule has 2 rings (SSSR count). The lowest BCUT2D eigenvalue weighted by Crippen LogP contribution is -2.40. The number of carbonyl (C=O) groups excluding carboxylic acids is 1. The van der Waals surface area contributed by atoms with Gasteiger partial charge in [-0.3, -0.25) is 0 Å². The molecule has 0 spiro atoms. The maximum atomic E-state index is 11.8. The van der Waals surface area contributed by atoms with E-state index in [1.165, 1.54) is 0 Å². The normalized spacial score (nSPS) is 26.8. The van der Waals surface area contributed by atoms with Gasteiger partial charge < -0.3 is 9.84 Å². The molecule has 1 N–H and O–H groups in total. The highest BCUT2D eigenvalue weighted by molar-refractivity contribution is 5.89. The number of hydrogen-bond donors (Lipinski definition) is 1. The number of rotatable bonds is 2. The Hall–Kier alpha value is -1.87. The average molecular weight is 230 g/mol. The Morgan fingerprint density at radius 3 is 2.65 bits per heavy atom. The summed E-state index contributed by atoms with van der Waals surface area (Å²) in [5, 5.41) is 10.0. The molecule has 0 fully saturated rings. The first-order valence-corrected chi connectivity index (χ1v) is 5.44. The van der Waals surface area contributed by atoms with E-state index in [0.29, 0.717) is 5.56 Å². The van der Waals surface area contributed by atoms with Crippen LogP contribution in [-0.4, -0.2) is 22.8 Å². The lowest BCUT2D eigenvalue weighted by molar-refractivity contribution is -0.0282. The van der Waals surface area contributed by atoms with Crippen LogP contribution >= 0.6 is 0 Å². The summed E-state index contributed by atoms with van der Waals surface area (Å²) in [5.41, 5.74) is -0.676. The summed E-state index contributed by atoms with van der Waals surface area (Å²) < 4.78 is 5.27. The van der Waals surface area contributed by atoms with Crippen LogP contribution in [0.2, 0.25) is 0 Å². The fourth-order valence-electron chi connectivity index (χ4n) is 1.62. The second-order valence-electron chi connectivity index (χ2n) is 4.16. The molecule has 3 nitrogen and oxygen atoms in total. The molecule has 0 saturated carbocycles. The summed E-state index contributed by atoms with van der Waals surface area (Å²) in [6.45, 7) is 1.61. The Balaban J connectivity index is 2.10. The number of ether oxygens (including phenoxy) is 1. The van der Waals surface area contributed by atoms with Gasteiger partial charge in [0.05, 0.1) is 5.56 Å². The van der Waals surface area contributed by atoms with Crippen LogP contribution in [0.25, 0.3) is 0 Å². The molecule has 0 heterocycles. The van der Waals surface area contributed by atoms with Gasteiger partial charge in [-0.25, -0.2) is 4.79 Å². The van der Waals surface area contributed by atoms with Crippen molar-refractivity contribution in [1.29, 1.82) is 0 Å². The first kappa shape index (κ1) is 11.6. The Labute approximate surface area is 100 Å². The van der Waals surface area contributed by atoms with Gasteiger partial charge in [-0.1, -0.05) is 30.4 Å². The number of aliphatic hydroxyl groups is 1. The van der Waals surface area contributed by atoms with Crippen LogP contribution in [0.3, 0.4) is 0 Å². The van der Waals surface area contributed by atoms with Gasteiger partial charge in [-0.15, -0.1) is 0 Å². The number of allylic oxidation sites excluding steroid dienone is 2. The molecule has 1 aromatic rings. The number of benzene rings is 1. The van der Waals surface area contributed by atoms with E-state index in [2.05, 4.69) is 0 Å². The molecule has 0 aliphatic heterocycles. The van der Waals surface area contributed by atoms with Crippen molar-refractivity contribution in [2.75, 3.05) is 0 Å². The number of esters is 1. The fourth-order valence-corrected chi connectivity index (χ4v) is 1.62. The topological polar surface area (TPSA) is 46.5 Å². The molecule has 0 bridgehead atoms. The van der Waals surface area contributed by atoms with Crippen molar-refractivity contribution >= 4 is 5.97 Å². The highest BCUT2D eigenvalue weighted by Crippen LogP contribution is 2.21. The van der Waals surface area contributed by atoms with Gasteiger partial charge >= 0.3 is 5.97 Å². The predicted octanol–water partition coefficient (Wildman–Crippen LogP) is 2.09. The van der Waals surface area contributed by atoms with Crippen molar-refractivity contribution in [3.05, 3.63) is 60.2 Å². The van der Waals surface area contributed by atoms with Gasteiger partial charge in [0.2, 0.25) is 0 Å². The summed E-state index contributed by atoms with van der Waals surface area (Å²) >= 11 is 0. The third kappa shape index (κ3) is 2.63. The SMILES string of the molecule is CC1(O)C=CC=CC1OC(=O)c1ccccc1. The molecule has 0 aromatic heterocycles. The Morgan fingerprint density at radius 1 is 1.29 bits per heavy atom. The van der Waals surface area contributed by atoms with Crippen molar-refractivity contribution in [2.45, 2.75) is 18.6 Å². The molecular formula is C14H14O3.